The zero-order valence-corrected chi connectivity index (χ0v) is 13.8. The van der Waals surface area contributed by atoms with Crippen molar-refractivity contribution in [3.05, 3.63) is 41.2 Å². The number of methoxy groups -OCH3 is 1. The molecule has 0 atom stereocenters. The zero-order chi connectivity index (χ0) is 18.4. The van der Waals surface area contributed by atoms with E-state index in [1.165, 1.54) is 4.90 Å². The highest BCUT2D eigenvalue weighted by Crippen LogP contribution is 2.20. The Morgan fingerprint density at radius 2 is 1.96 bits per heavy atom. The Balaban J connectivity index is 2.07. The van der Waals surface area contributed by atoms with Crippen molar-refractivity contribution in [3.8, 4) is 5.75 Å². The molecule has 3 N–H and O–H groups in total. The van der Waals surface area contributed by atoms with E-state index in [2.05, 4.69) is 5.32 Å². The second-order valence-corrected chi connectivity index (χ2v) is 5.53. The van der Waals surface area contributed by atoms with Gasteiger partial charge < -0.3 is 25.2 Å². The van der Waals surface area contributed by atoms with Gasteiger partial charge >= 0.3 is 0 Å². The predicted octanol–water partition coefficient (Wildman–Crippen LogP) is -0.0828. The summed E-state index contributed by atoms with van der Waals surface area (Å²) in [5.74, 6) is -1.63. The third-order valence-electron chi connectivity index (χ3n) is 3.79. The summed E-state index contributed by atoms with van der Waals surface area (Å²) < 4.78 is 5.08. The molecule has 0 aliphatic carbocycles. The van der Waals surface area contributed by atoms with Gasteiger partial charge in [0, 0.05) is 19.5 Å². The SMILES string of the molecule is COc1ccc(CN2CCC(O)=C(C(=O)NCC(=O)CO)C2=O)cc1. The van der Waals surface area contributed by atoms with E-state index in [1.807, 2.05) is 12.1 Å². The number of rotatable bonds is 7. The minimum atomic E-state index is -0.830. The first-order valence-electron chi connectivity index (χ1n) is 7.71. The fourth-order valence-corrected chi connectivity index (χ4v) is 2.40. The number of benzene rings is 1. The van der Waals surface area contributed by atoms with Crippen LogP contribution >= 0.6 is 0 Å². The van der Waals surface area contributed by atoms with Crippen LogP contribution in [0.2, 0.25) is 0 Å². The number of carbonyl (C=O) groups is 3. The molecule has 1 aliphatic heterocycles. The quantitative estimate of drug-likeness (QED) is 0.594. The van der Waals surface area contributed by atoms with E-state index in [9.17, 15) is 19.5 Å². The Morgan fingerprint density at radius 3 is 2.56 bits per heavy atom. The molecular formula is C17H20N2O6. The molecule has 2 amide bonds. The van der Waals surface area contributed by atoms with Gasteiger partial charge in [0.25, 0.3) is 11.8 Å². The fraction of sp³-hybridized carbons (Fsp3) is 0.353. The second kappa shape index (κ2) is 8.29. The standard InChI is InChI=1S/C17H20N2O6/c1-25-13-4-2-11(3-5-13)9-19-7-6-14(22)15(17(19)24)16(23)18-8-12(21)10-20/h2-5,20,22H,6-10H2,1H3,(H,18,23). The van der Waals surface area contributed by atoms with Gasteiger partial charge in [-0.05, 0) is 17.7 Å². The molecule has 25 heavy (non-hydrogen) atoms. The lowest BCUT2D eigenvalue weighted by molar-refractivity contribution is -0.133. The van der Waals surface area contributed by atoms with Crippen molar-refractivity contribution in [3.63, 3.8) is 0 Å². The maximum Gasteiger partial charge on any atom is 0.263 e. The van der Waals surface area contributed by atoms with Crippen LogP contribution in [0.5, 0.6) is 5.75 Å². The van der Waals surface area contributed by atoms with Gasteiger partial charge in [-0.25, -0.2) is 0 Å². The number of aliphatic hydroxyl groups is 2. The van der Waals surface area contributed by atoms with E-state index in [-0.39, 0.29) is 30.8 Å². The second-order valence-electron chi connectivity index (χ2n) is 5.53. The number of ketones is 1. The molecule has 0 bridgehead atoms. The summed E-state index contributed by atoms with van der Waals surface area (Å²) in [7, 11) is 1.56. The van der Waals surface area contributed by atoms with Crippen molar-refractivity contribution in [2.24, 2.45) is 0 Å². The lowest BCUT2D eigenvalue weighted by Gasteiger charge is -2.28. The number of aliphatic hydroxyl groups excluding tert-OH is 2. The molecular weight excluding hydrogens is 328 g/mol. The average molecular weight is 348 g/mol. The van der Waals surface area contributed by atoms with E-state index < -0.39 is 30.7 Å². The van der Waals surface area contributed by atoms with Crippen LogP contribution in [0.15, 0.2) is 35.6 Å². The molecule has 1 aromatic rings. The van der Waals surface area contributed by atoms with Crippen LogP contribution in [0.25, 0.3) is 0 Å². The minimum absolute atomic E-state index is 0.151. The largest absolute Gasteiger partial charge is 0.511 e. The van der Waals surface area contributed by atoms with Crippen LogP contribution in [-0.4, -0.2) is 59.5 Å². The van der Waals surface area contributed by atoms with Gasteiger partial charge in [0.1, 0.15) is 23.7 Å². The van der Waals surface area contributed by atoms with Gasteiger partial charge in [-0.15, -0.1) is 0 Å². The Hall–Kier alpha value is -2.87. The Morgan fingerprint density at radius 1 is 1.28 bits per heavy atom. The summed E-state index contributed by atoms with van der Waals surface area (Å²) >= 11 is 0. The first-order valence-corrected chi connectivity index (χ1v) is 7.71. The molecule has 8 nitrogen and oxygen atoms in total. The molecule has 2 rings (SSSR count). The lowest BCUT2D eigenvalue weighted by atomic mass is 10.0. The third kappa shape index (κ3) is 4.57. The van der Waals surface area contributed by atoms with Crippen LogP contribution in [-0.2, 0) is 20.9 Å². The average Bonchev–Trinajstić information content (AvgIpc) is 2.62. The minimum Gasteiger partial charge on any atom is -0.511 e. The van der Waals surface area contributed by atoms with Gasteiger partial charge in [-0.1, -0.05) is 12.1 Å². The molecule has 0 saturated carbocycles. The third-order valence-corrected chi connectivity index (χ3v) is 3.79. The summed E-state index contributed by atoms with van der Waals surface area (Å²) in [6.07, 6.45) is 0.151. The number of amides is 2. The van der Waals surface area contributed by atoms with Crippen LogP contribution in [0.3, 0.4) is 0 Å². The van der Waals surface area contributed by atoms with E-state index in [0.29, 0.717) is 5.75 Å². The molecule has 0 radical (unpaired) electrons. The van der Waals surface area contributed by atoms with E-state index in [4.69, 9.17) is 9.84 Å². The monoisotopic (exact) mass is 348 g/mol. The molecule has 0 aromatic heterocycles. The highest BCUT2D eigenvalue weighted by molar-refractivity contribution is 6.19. The first kappa shape index (κ1) is 18.5. The van der Waals surface area contributed by atoms with Gasteiger partial charge in [0.15, 0.2) is 5.78 Å². The maximum absolute atomic E-state index is 12.5. The van der Waals surface area contributed by atoms with Gasteiger partial charge in [-0.2, -0.15) is 0 Å². The normalized spacial score (nSPS) is 14.5. The van der Waals surface area contributed by atoms with Crippen molar-refractivity contribution in [1.82, 2.24) is 10.2 Å². The Bertz CT molecular complexity index is 696. The van der Waals surface area contributed by atoms with Crippen molar-refractivity contribution in [1.29, 1.82) is 0 Å². The number of nitrogens with one attached hydrogen (secondary N) is 1. The Kier molecular flexibility index (Phi) is 6.13. The van der Waals surface area contributed by atoms with Gasteiger partial charge in [0.05, 0.1) is 13.7 Å². The summed E-state index contributed by atoms with van der Waals surface area (Å²) in [6.45, 7) is -0.549. The summed E-state index contributed by atoms with van der Waals surface area (Å²) in [5.41, 5.74) is 0.483. The number of hydrogen-bond acceptors (Lipinski definition) is 6. The number of nitrogens with zero attached hydrogens (tertiary/aromatic N) is 1. The maximum atomic E-state index is 12.5. The molecule has 8 heteroatoms. The number of Topliss-reactive ketones (excluding diaryl/α,β-unsaturated/α-hetero) is 1. The lowest BCUT2D eigenvalue weighted by Crippen LogP contribution is -2.43. The topological polar surface area (TPSA) is 116 Å². The molecule has 1 aromatic carbocycles. The highest BCUT2D eigenvalue weighted by Gasteiger charge is 2.32. The number of carbonyl (C=O) groups excluding carboxylic acids is 3. The molecule has 0 fully saturated rings. The smallest absolute Gasteiger partial charge is 0.263 e. The van der Waals surface area contributed by atoms with Crippen LogP contribution in [0.1, 0.15) is 12.0 Å². The van der Waals surface area contributed by atoms with E-state index in [0.717, 1.165) is 5.56 Å². The van der Waals surface area contributed by atoms with Crippen molar-refractivity contribution < 1.29 is 29.3 Å². The van der Waals surface area contributed by atoms with Crippen molar-refractivity contribution in [2.45, 2.75) is 13.0 Å². The predicted molar refractivity (Wildman–Crippen MR) is 87.8 cm³/mol. The summed E-state index contributed by atoms with van der Waals surface area (Å²) in [4.78, 5) is 37.1. The first-order chi connectivity index (χ1) is 12.0. The van der Waals surface area contributed by atoms with Crippen molar-refractivity contribution in [2.75, 3.05) is 26.8 Å². The van der Waals surface area contributed by atoms with Crippen LogP contribution in [0.4, 0.5) is 0 Å². The number of ether oxygens (including phenoxy) is 1. The van der Waals surface area contributed by atoms with Crippen LogP contribution in [0, 0.1) is 0 Å². The van der Waals surface area contributed by atoms with E-state index in [1.54, 1.807) is 19.2 Å². The molecule has 0 spiro atoms. The molecule has 1 heterocycles. The van der Waals surface area contributed by atoms with Crippen molar-refractivity contribution >= 4 is 17.6 Å². The number of hydrogen-bond donors (Lipinski definition) is 3. The van der Waals surface area contributed by atoms with E-state index >= 15 is 0 Å². The molecule has 134 valence electrons. The zero-order valence-electron chi connectivity index (χ0n) is 13.8. The van der Waals surface area contributed by atoms with Gasteiger partial charge in [-0.3, -0.25) is 14.4 Å². The fourth-order valence-electron chi connectivity index (χ4n) is 2.40. The Labute approximate surface area is 144 Å². The molecule has 0 unspecified atom stereocenters. The molecule has 1 aliphatic rings. The van der Waals surface area contributed by atoms with Gasteiger partial charge in [0.2, 0.25) is 0 Å². The highest BCUT2D eigenvalue weighted by atomic mass is 16.5. The summed E-state index contributed by atoms with van der Waals surface area (Å²) in [5, 5.41) is 20.8. The molecule has 0 saturated heterocycles. The van der Waals surface area contributed by atoms with Crippen LogP contribution < -0.4 is 10.1 Å². The summed E-state index contributed by atoms with van der Waals surface area (Å²) in [6, 6.07) is 7.16.